The number of hydrogen-bond acceptors (Lipinski definition) is 6. The number of carbonyl (C=O) groups excluding carboxylic acids is 1. The minimum absolute atomic E-state index is 0.0957. The molecule has 0 saturated carbocycles. The predicted molar refractivity (Wildman–Crippen MR) is 129 cm³/mol. The number of nitrogens with zero attached hydrogens (tertiary/aromatic N) is 4. The van der Waals surface area contributed by atoms with Gasteiger partial charge in [-0.1, -0.05) is 54.1 Å². The molecule has 0 radical (unpaired) electrons. The largest absolute Gasteiger partial charge is 0.324 e. The molecule has 168 valence electrons. The SMILES string of the molecule is O=C(Nc1nc2n(n1)[C@@H](c1ccc(Cl)cc1)C=C(c1ccccc1)N2)c1ccc([N+](=O)[O-])cc1. The molecule has 1 aromatic heterocycles. The Balaban J connectivity index is 1.46. The van der Waals surface area contributed by atoms with Crippen LogP contribution in [-0.2, 0) is 0 Å². The number of nitro benzene ring substituents is 1. The lowest BCUT2D eigenvalue weighted by Gasteiger charge is -2.24. The van der Waals surface area contributed by atoms with Crippen molar-refractivity contribution in [2.24, 2.45) is 0 Å². The Morgan fingerprint density at radius 1 is 1.03 bits per heavy atom. The first-order valence-electron chi connectivity index (χ1n) is 10.3. The third-order valence-electron chi connectivity index (χ3n) is 5.33. The summed E-state index contributed by atoms with van der Waals surface area (Å²) < 4.78 is 1.68. The van der Waals surface area contributed by atoms with Gasteiger partial charge in [-0.05, 0) is 41.5 Å². The summed E-state index contributed by atoms with van der Waals surface area (Å²) in [5, 5.41) is 21.9. The molecule has 34 heavy (non-hydrogen) atoms. The fourth-order valence-electron chi connectivity index (χ4n) is 3.64. The minimum atomic E-state index is -0.521. The predicted octanol–water partition coefficient (Wildman–Crippen LogP) is 5.15. The van der Waals surface area contributed by atoms with E-state index in [2.05, 4.69) is 20.7 Å². The van der Waals surface area contributed by atoms with Crippen LogP contribution < -0.4 is 10.6 Å². The molecule has 0 spiro atoms. The second-order valence-electron chi connectivity index (χ2n) is 7.53. The molecular formula is C24H17ClN6O3. The maximum Gasteiger partial charge on any atom is 0.269 e. The van der Waals surface area contributed by atoms with Gasteiger partial charge in [0.1, 0.15) is 6.04 Å². The number of nitrogens with one attached hydrogen (secondary N) is 2. The highest BCUT2D eigenvalue weighted by atomic mass is 35.5. The fourth-order valence-corrected chi connectivity index (χ4v) is 3.76. The summed E-state index contributed by atoms with van der Waals surface area (Å²) in [6.45, 7) is 0. The van der Waals surface area contributed by atoms with Gasteiger partial charge in [0.25, 0.3) is 17.5 Å². The van der Waals surface area contributed by atoms with E-state index >= 15 is 0 Å². The Morgan fingerprint density at radius 3 is 2.41 bits per heavy atom. The Kier molecular flexibility index (Phi) is 5.52. The van der Waals surface area contributed by atoms with Crippen LogP contribution >= 0.6 is 11.6 Å². The molecule has 2 N–H and O–H groups in total. The number of amides is 1. The lowest BCUT2D eigenvalue weighted by atomic mass is 10.0. The number of carbonyl (C=O) groups is 1. The Hall–Kier alpha value is -4.50. The van der Waals surface area contributed by atoms with Gasteiger partial charge >= 0.3 is 0 Å². The summed E-state index contributed by atoms with van der Waals surface area (Å²) in [6.07, 6.45) is 2.03. The molecule has 0 fully saturated rings. The van der Waals surface area contributed by atoms with Crippen molar-refractivity contribution in [3.8, 4) is 0 Å². The molecule has 3 aromatic carbocycles. The summed E-state index contributed by atoms with van der Waals surface area (Å²) in [5.41, 5.74) is 2.94. The van der Waals surface area contributed by atoms with E-state index in [9.17, 15) is 14.9 Å². The summed E-state index contributed by atoms with van der Waals surface area (Å²) in [4.78, 5) is 27.5. The van der Waals surface area contributed by atoms with Crippen LogP contribution in [-0.4, -0.2) is 25.6 Å². The van der Waals surface area contributed by atoms with Gasteiger partial charge in [-0.15, -0.1) is 5.10 Å². The number of rotatable bonds is 5. The Morgan fingerprint density at radius 2 is 1.74 bits per heavy atom. The molecule has 0 unspecified atom stereocenters. The fraction of sp³-hybridized carbons (Fsp3) is 0.0417. The number of anilines is 2. The summed E-state index contributed by atoms with van der Waals surface area (Å²) >= 11 is 6.07. The molecule has 1 atom stereocenters. The first-order valence-corrected chi connectivity index (χ1v) is 10.7. The van der Waals surface area contributed by atoms with Gasteiger partial charge in [0.2, 0.25) is 5.95 Å². The van der Waals surface area contributed by atoms with Crippen molar-refractivity contribution in [1.82, 2.24) is 14.8 Å². The van der Waals surface area contributed by atoms with Crippen LogP contribution in [0.5, 0.6) is 0 Å². The lowest BCUT2D eigenvalue weighted by Crippen LogP contribution is -2.20. The van der Waals surface area contributed by atoms with Crippen LogP contribution in [0.25, 0.3) is 5.70 Å². The molecule has 1 amide bonds. The number of nitro groups is 1. The first kappa shape index (κ1) is 21.4. The van der Waals surface area contributed by atoms with Gasteiger partial charge in [-0.2, -0.15) is 4.98 Å². The molecule has 10 heteroatoms. The Bertz CT molecular complexity index is 1400. The van der Waals surface area contributed by atoms with Crippen LogP contribution in [0.3, 0.4) is 0 Å². The van der Waals surface area contributed by atoms with Gasteiger partial charge in [0.15, 0.2) is 0 Å². The zero-order valence-corrected chi connectivity index (χ0v) is 18.3. The smallest absolute Gasteiger partial charge is 0.269 e. The maximum atomic E-state index is 12.7. The quantitative estimate of drug-likeness (QED) is 0.306. The molecule has 4 aromatic rings. The summed E-state index contributed by atoms with van der Waals surface area (Å²) in [6, 6.07) is 22.3. The lowest BCUT2D eigenvalue weighted by molar-refractivity contribution is -0.384. The van der Waals surface area contributed by atoms with Crippen molar-refractivity contribution < 1.29 is 9.72 Å². The van der Waals surface area contributed by atoms with E-state index in [0.29, 0.717) is 11.0 Å². The van der Waals surface area contributed by atoms with Crippen molar-refractivity contribution in [3.63, 3.8) is 0 Å². The summed E-state index contributed by atoms with van der Waals surface area (Å²) in [5.74, 6) is 0.0879. The number of fused-ring (bicyclic) bond motifs is 1. The Labute approximate surface area is 198 Å². The van der Waals surface area contributed by atoms with Gasteiger partial charge < -0.3 is 5.32 Å². The number of halogens is 1. The molecular weight excluding hydrogens is 456 g/mol. The molecule has 9 nitrogen and oxygen atoms in total. The van der Waals surface area contributed by atoms with Crippen LogP contribution in [0, 0.1) is 10.1 Å². The number of allylic oxidation sites excluding steroid dienone is 1. The van der Waals surface area contributed by atoms with E-state index in [0.717, 1.165) is 16.8 Å². The number of benzene rings is 3. The van der Waals surface area contributed by atoms with Crippen molar-refractivity contribution in [2.45, 2.75) is 6.04 Å². The van der Waals surface area contributed by atoms with Crippen molar-refractivity contribution in [2.75, 3.05) is 10.6 Å². The van der Waals surface area contributed by atoms with E-state index in [1.54, 1.807) is 4.68 Å². The van der Waals surface area contributed by atoms with Gasteiger partial charge in [-0.3, -0.25) is 20.2 Å². The highest BCUT2D eigenvalue weighted by molar-refractivity contribution is 6.30. The average molecular weight is 473 g/mol. The molecule has 0 aliphatic carbocycles. The standard InChI is InChI=1S/C24H17ClN6O3/c25-18-10-6-16(7-11-18)21-14-20(15-4-2-1-3-5-15)26-24-28-23(29-30(21)24)27-22(32)17-8-12-19(13-9-17)31(33)34/h1-14,21H,(H2,26,27,28,29,32)/t21-/m1/s1. The van der Waals surface area contributed by atoms with Crippen molar-refractivity contribution >= 4 is 40.8 Å². The van der Waals surface area contributed by atoms with Crippen LogP contribution in [0.2, 0.25) is 5.02 Å². The minimum Gasteiger partial charge on any atom is -0.324 e. The van der Waals surface area contributed by atoms with E-state index in [1.807, 2.05) is 60.7 Å². The van der Waals surface area contributed by atoms with E-state index in [1.165, 1.54) is 24.3 Å². The second kappa shape index (κ2) is 8.80. The van der Waals surface area contributed by atoms with E-state index in [4.69, 9.17) is 11.6 Å². The zero-order valence-electron chi connectivity index (χ0n) is 17.6. The van der Waals surface area contributed by atoms with Gasteiger partial charge in [-0.25, -0.2) is 4.68 Å². The number of non-ortho nitro benzene ring substituents is 1. The second-order valence-corrected chi connectivity index (χ2v) is 7.97. The molecule has 1 aliphatic heterocycles. The molecule has 0 bridgehead atoms. The molecule has 1 aliphatic rings. The topological polar surface area (TPSA) is 115 Å². The number of aromatic nitrogens is 3. The zero-order chi connectivity index (χ0) is 23.7. The van der Waals surface area contributed by atoms with Crippen molar-refractivity contribution in [1.29, 1.82) is 0 Å². The van der Waals surface area contributed by atoms with Crippen LogP contribution in [0.15, 0.2) is 84.9 Å². The normalized spacial score (nSPS) is 14.5. The maximum absolute atomic E-state index is 12.7. The van der Waals surface area contributed by atoms with Gasteiger partial charge in [0.05, 0.1) is 4.92 Å². The average Bonchev–Trinajstić information content (AvgIpc) is 3.27. The molecule has 5 rings (SSSR count). The van der Waals surface area contributed by atoms with Crippen molar-refractivity contribution in [3.05, 3.63) is 117 Å². The third kappa shape index (κ3) is 4.24. The van der Waals surface area contributed by atoms with Gasteiger partial charge in [0, 0.05) is 28.4 Å². The highest BCUT2D eigenvalue weighted by Crippen LogP contribution is 2.33. The summed E-state index contributed by atoms with van der Waals surface area (Å²) in [7, 11) is 0. The first-order chi connectivity index (χ1) is 16.5. The third-order valence-corrected chi connectivity index (χ3v) is 5.58. The van der Waals surface area contributed by atoms with Crippen LogP contribution in [0.4, 0.5) is 17.6 Å². The molecule has 0 saturated heterocycles. The number of hydrogen-bond donors (Lipinski definition) is 2. The monoisotopic (exact) mass is 472 g/mol. The van der Waals surface area contributed by atoms with E-state index < -0.39 is 10.8 Å². The van der Waals surface area contributed by atoms with Crippen LogP contribution in [0.1, 0.15) is 27.5 Å². The van der Waals surface area contributed by atoms with E-state index in [-0.39, 0.29) is 23.2 Å². The highest BCUT2D eigenvalue weighted by Gasteiger charge is 2.26. The molecule has 2 heterocycles.